The molecule has 2 heterocycles. The Kier molecular flexibility index (Phi) is 2.31. The van der Waals surface area contributed by atoms with Crippen LogP contribution in [-0.2, 0) is 0 Å². The SMILES string of the molecule is CC1=CC(C)(C)C2N(C)C=CN2c2ccccc21. The molecule has 0 bridgehead atoms. The van der Waals surface area contributed by atoms with Gasteiger partial charge in [0.2, 0.25) is 0 Å². The highest BCUT2D eigenvalue weighted by Gasteiger charge is 2.39. The zero-order valence-corrected chi connectivity index (χ0v) is 11.5. The number of para-hydroxylation sites is 1. The van der Waals surface area contributed by atoms with Crippen LogP contribution in [0.4, 0.5) is 5.69 Å². The molecule has 0 saturated heterocycles. The van der Waals surface area contributed by atoms with E-state index in [4.69, 9.17) is 0 Å². The molecule has 0 aliphatic carbocycles. The fraction of sp³-hybridized carbons (Fsp3) is 0.375. The quantitative estimate of drug-likeness (QED) is 0.682. The van der Waals surface area contributed by atoms with Gasteiger partial charge >= 0.3 is 0 Å². The van der Waals surface area contributed by atoms with Gasteiger partial charge in [0.05, 0.1) is 5.69 Å². The van der Waals surface area contributed by atoms with E-state index < -0.39 is 0 Å². The van der Waals surface area contributed by atoms with E-state index in [0.29, 0.717) is 6.17 Å². The van der Waals surface area contributed by atoms with Crippen LogP contribution >= 0.6 is 0 Å². The largest absolute Gasteiger partial charge is 0.358 e. The molecule has 0 radical (unpaired) electrons. The number of rotatable bonds is 0. The number of fused-ring (bicyclic) bond motifs is 3. The van der Waals surface area contributed by atoms with Crippen LogP contribution in [0.1, 0.15) is 26.3 Å². The van der Waals surface area contributed by atoms with Gasteiger partial charge in [0.25, 0.3) is 0 Å². The summed E-state index contributed by atoms with van der Waals surface area (Å²) in [6.45, 7) is 6.83. The van der Waals surface area contributed by atoms with Crippen molar-refractivity contribution in [3.8, 4) is 0 Å². The van der Waals surface area contributed by atoms with Gasteiger partial charge in [0, 0.05) is 30.4 Å². The van der Waals surface area contributed by atoms with Crippen LogP contribution in [0.3, 0.4) is 0 Å². The zero-order chi connectivity index (χ0) is 12.9. The van der Waals surface area contributed by atoms with E-state index >= 15 is 0 Å². The van der Waals surface area contributed by atoms with E-state index in [-0.39, 0.29) is 5.41 Å². The molecule has 0 N–H and O–H groups in total. The lowest BCUT2D eigenvalue weighted by Gasteiger charge is -2.39. The van der Waals surface area contributed by atoms with Crippen molar-refractivity contribution in [1.29, 1.82) is 0 Å². The fourth-order valence-corrected chi connectivity index (χ4v) is 3.37. The third kappa shape index (κ3) is 1.48. The van der Waals surface area contributed by atoms with E-state index in [1.165, 1.54) is 16.8 Å². The molecule has 0 spiro atoms. The Labute approximate surface area is 109 Å². The van der Waals surface area contributed by atoms with Gasteiger partial charge in [0.1, 0.15) is 6.17 Å². The van der Waals surface area contributed by atoms with Crippen molar-refractivity contribution >= 4 is 11.3 Å². The highest BCUT2D eigenvalue weighted by molar-refractivity contribution is 5.79. The smallest absolute Gasteiger partial charge is 0.114 e. The average Bonchev–Trinajstić information content (AvgIpc) is 2.67. The summed E-state index contributed by atoms with van der Waals surface area (Å²) in [5, 5.41) is 0. The van der Waals surface area contributed by atoms with Crippen molar-refractivity contribution in [3.63, 3.8) is 0 Å². The average molecular weight is 240 g/mol. The van der Waals surface area contributed by atoms with Crippen LogP contribution < -0.4 is 4.90 Å². The molecule has 0 aromatic heterocycles. The first-order valence-electron chi connectivity index (χ1n) is 6.48. The van der Waals surface area contributed by atoms with Gasteiger partial charge < -0.3 is 9.80 Å². The Morgan fingerprint density at radius 1 is 1.11 bits per heavy atom. The third-order valence-corrected chi connectivity index (χ3v) is 3.97. The van der Waals surface area contributed by atoms with E-state index in [2.05, 4.69) is 80.4 Å². The first-order chi connectivity index (χ1) is 8.50. The van der Waals surface area contributed by atoms with E-state index in [1.807, 2.05) is 0 Å². The molecule has 0 saturated carbocycles. The topological polar surface area (TPSA) is 6.48 Å². The minimum atomic E-state index is 0.112. The van der Waals surface area contributed by atoms with Crippen molar-refractivity contribution in [2.45, 2.75) is 26.9 Å². The van der Waals surface area contributed by atoms with Crippen LogP contribution in [0, 0.1) is 5.41 Å². The predicted octanol–water partition coefficient (Wildman–Crippen LogP) is 3.68. The summed E-state index contributed by atoms with van der Waals surface area (Å²) in [7, 11) is 2.15. The number of hydrogen-bond donors (Lipinski definition) is 0. The van der Waals surface area contributed by atoms with Crippen molar-refractivity contribution in [2.75, 3.05) is 11.9 Å². The lowest BCUT2D eigenvalue weighted by molar-refractivity contribution is 0.221. The fourth-order valence-electron chi connectivity index (χ4n) is 3.37. The summed E-state index contributed by atoms with van der Waals surface area (Å²) < 4.78 is 0. The molecular weight excluding hydrogens is 220 g/mol. The molecule has 1 atom stereocenters. The minimum Gasteiger partial charge on any atom is -0.358 e. The number of allylic oxidation sites excluding steroid dienone is 1. The van der Waals surface area contributed by atoms with Crippen molar-refractivity contribution < 1.29 is 0 Å². The molecule has 2 nitrogen and oxygen atoms in total. The standard InChI is InChI=1S/C16H20N2/c1-12-11-16(2,3)15-17(4)9-10-18(15)14-8-6-5-7-13(12)14/h5-11,15H,1-4H3. The number of nitrogens with zero attached hydrogens (tertiary/aromatic N) is 2. The number of anilines is 1. The monoisotopic (exact) mass is 240 g/mol. The van der Waals surface area contributed by atoms with Crippen LogP contribution in [0.15, 0.2) is 42.7 Å². The van der Waals surface area contributed by atoms with Gasteiger partial charge in [-0.3, -0.25) is 0 Å². The Bertz CT molecular complexity index is 540. The first-order valence-corrected chi connectivity index (χ1v) is 6.48. The van der Waals surface area contributed by atoms with Gasteiger partial charge in [-0.25, -0.2) is 0 Å². The van der Waals surface area contributed by atoms with Crippen LogP contribution in [0.2, 0.25) is 0 Å². The van der Waals surface area contributed by atoms with Gasteiger partial charge in [-0.05, 0) is 18.6 Å². The summed E-state index contributed by atoms with van der Waals surface area (Å²) in [5.41, 5.74) is 4.13. The maximum Gasteiger partial charge on any atom is 0.114 e. The highest BCUT2D eigenvalue weighted by atomic mass is 15.4. The molecule has 94 valence electrons. The zero-order valence-electron chi connectivity index (χ0n) is 11.5. The summed E-state index contributed by atoms with van der Waals surface area (Å²) in [6.07, 6.45) is 7.12. The lowest BCUT2D eigenvalue weighted by Crippen LogP contribution is -2.46. The van der Waals surface area contributed by atoms with E-state index in [1.54, 1.807) is 0 Å². The molecule has 1 aromatic carbocycles. The lowest BCUT2D eigenvalue weighted by atomic mass is 9.86. The van der Waals surface area contributed by atoms with Gasteiger partial charge in [0.15, 0.2) is 0 Å². The summed E-state index contributed by atoms with van der Waals surface area (Å²) >= 11 is 0. The van der Waals surface area contributed by atoms with Gasteiger partial charge in [-0.1, -0.05) is 38.1 Å². The van der Waals surface area contributed by atoms with Crippen LogP contribution in [-0.4, -0.2) is 18.1 Å². The molecule has 2 aliphatic heterocycles. The van der Waals surface area contributed by atoms with Crippen LogP contribution in [0.5, 0.6) is 0 Å². The summed E-state index contributed by atoms with van der Waals surface area (Å²) in [5.74, 6) is 0. The Morgan fingerprint density at radius 2 is 1.83 bits per heavy atom. The Balaban J connectivity index is 2.24. The second-order valence-electron chi connectivity index (χ2n) is 5.91. The molecule has 2 heteroatoms. The maximum absolute atomic E-state index is 2.40. The van der Waals surface area contributed by atoms with Crippen LogP contribution in [0.25, 0.3) is 5.57 Å². The minimum absolute atomic E-state index is 0.112. The number of hydrogen-bond acceptors (Lipinski definition) is 2. The normalized spacial score (nSPS) is 24.4. The molecule has 1 aromatic rings. The molecule has 3 rings (SSSR count). The molecule has 0 amide bonds. The Morgan fingerprint density at radius 3 is 2.61 bits per heavy atom. The van der Waals surface area contributed by atoms with E-state index in [9.17, 15) is 0 Å². The second kappa shape index (κ2) is 3.64. The molecule has 18 heavy (non-hydrogen) atoms. The van der Waals surface area contributed by atoms with Crippen molar-refractivity contribution in [1.82, 2.24) is 4.90 Å². The third-order valence-electron chi connectivity index (χ3n) is 3.97. The molecule has 1 unspecified atom stereocenters. The van der Waals surface area contributed by atoms with E-state index in [0.717, 1.165) is 0 Å². The molecule has 2 aliphatic rings. The number of benzene rings is 1. The summed E-state index contributed by atoms with van der Waals surface area (Å²) in [4.78, 5) is 4.69. The molecule has 0 fully saturated rings. The summed E-state index contributed by atoms with van der Waals surface area (Å²) in [6, 6.07) is 8.66. The van der Waals surface area contributed by atoms with Gasteiger partial charge in [-0.2, -0.15) is 0 Å². The van der Waals surface area contributed by atoms with Gasteiger partial charge in [-0.15, -0.1) is 0 Å². The maximum atomic E-state index is 2.40. The van der Waals surface area contributed by atoms with Crippen molar-refractivity contribution in [3.05, 3.63) is 48.3 Å². The highest BCUT2D eigenvalue weighted by Crippen LogP contribution is 2.43. The first kappa shape index (κ1) is 11.4. The Hall–Kier alpha value is -1.70. The van der Waals surface area contributed by atoms with Crippen molar-refractivity contribution in [2.24, 2.45) is 5.41 Å². The predicted molar refractivity (Wildman–Crippen MR) is 77.0 cm³/mol. The molecular formula is C16H20N2. The second-order valence-corrected chi connectivity index (χ2v) is 5.91.